The van der Waals surface area contributed by atoms with Gasteiger partial charge in [0.25, 0.3) is 5.92 Å². The van der Waals surface area contributed by atoms with Crippen LogP contribution in [0.4, 0.5) is 8.78 Å². The molecular weight excluding hydrogens is 276 g/mol. The number of benzene rings is 1. The average Bonchev–Trinajstić information content (AvgIpc) is 3.19. The normalized spacial score (nSPS) is 17.6. The number of carbonyl (C=O) groups excluding carboxylic acids is 1. The molecule has 0 unspecified atom stereocenters. The van der Waals surface area contributed by atoms with Crippen LogP contribution in [-0.4, -0.2) is 23.4 Å². The van der Waals surface area contributed by atoms with Crippen LogP contribution in [0.15, 0.2) is 30.3 Å². The molecule has 0 bridgehead atoms. The molecule has 0 aliphatic heterocycles. The molecule has 1 amide bonds. The van der Waals surface area contributed by atoms with E-state index in [1.165, 1.54) is 0 Å². The van der Waals surface area contributed by atoms with Crippen molar-refractivity contribution in [2.24, 2.45) is 0 Å². The van der Waals surface area contributed by atoms with Crippen molar-refractivity contribution in [2.75, 3.05) is 0 Å². The van der Waals surface area contributed by atoms with Gasteiger partial charge in [-0.3, -0.25) is 4.79 Å². The fraction of sp³-hybridized carbons (Fsp3) is 0.467. The summed E-state index contributed by atoms with van der Waals surface area (Å²) in [6, 6.07) is 8.60. The molecular formula is C15H16F2N3O-. The van der Waals surface area contributed by atoms with E-state index in [9.17, 15) is 13.6 Å². The monoisotopic (exact) mass is 292 g/mol. The lowest BCUT2D eigenvalue weighted by Gasteiger charge is -2.26. The van der Waals surface area contributed by atoms with Gasteiger partial charge in [-0.15, -0.1) is 0 Å². The van der Waals surface area contributed by atoms with Crippen LogP contribution in [-0.2, 0) is 11.2 Å². The van der Waals surface area contributed by atoms with Crippen LogP contribution in [0.1, 0.15) is 24.8 Å². The van der Waals surface area contributed by atoms with Crippen LogP contribution in [0.3, 0.4) is 0 Å². The Hall–Kier alpha value is -2.00. The van der Waals surface area contributed by atoms with Crippen LogP contribution >= 0.6 is 0 Å². The molecule has 4 nitrogen and oxygen atoms in total. The third kappa shape index (κ3) is 4.23. The number of hydrogen-bond acceptors (Lipinski definition) is 2. The van der Waals surface area contributed by atoms with Gasteiger partial charge in [0.05, 0.1) is 6.07 Å². The van der Waals surface area contributed by atoms with E-state index in [4.69, 9.17) is 11.0 Å². The summed E-state index contributed by atoms with van der Waals surface area (Å²) in [6.45, 7) is 0. The minimum Gasteiger partial charge on any atom is -0.667 e. The first-order valence-electron chi connectivity index (χ1n) is 6.72. The highest BCUT2D eigenvalue weighted by Crippen LogP contribution is 2.35. The topological polar surface area (TPSA) is 76.7 Å². The Labute approximate surface area is 121 Å². The summed E-state index contributed by atoms with van der Waals surface area (Å²) < 4.78 is 27.8. The van der Waals surface area contributed by atoms with Crippen LogP contribution in [0.25, 0.3) is 5.73 Å². The summed E-state index contributed by atoms with van der Waals surface area (Å²) in [5.41, 5.74) is 7.12. The van der Waals surface area contributed by atoms with Crippen molar-refractivity contribution in [3.63, 3.8) is 0 Å². The average molecular weight is 292 g/mol. The first kappa shape index (κ1) is 15.4. The number of carbonyl (C=O) groups is 1. The van der Waals surface area contributed by atoms with Gasteiger partial charge >= 0.3 is 0 Å². The van der Waals surface area contributed by atoms with Crippen LogP contribution in [0.5, 0.6) is 0 Å². The number of nitriles is 1. The van der Waals surface area contributed by atoms with Gasteiger partial charge in [0, 0.05) is 12.8 Å². The number of nitrogens with zero attached hydrogens (tertiary/aromatic N) is 1. The number of nitrogens with one attached hydrogen (secondary N) is 2. The van der Waals surface area contributed by atoms with Crippen molar-refractivity contribution in [2.45, 2.75) is 43.2 Å². The van der Waals surface area contributed by atoms with Crippen LogP contribution in [0, 0.1) is 11.3 Å². The molecule has 112 valence electrons. The van der Waals surface area contributed by atoms with Gasteiger partial charge in [0.2, 0.25) is 5.91 Å². The Bertz CT molecular complexity index is 550. The van der Waals surface area contributed by atoms with Gasteiger partial charge < -0.3 is 11.1 Å². The molecule has 2 N–H and O–H groups in total. The van der Waals surface area contributed by atoms with Gasteiger partial charge in [-0.05, 0) is 18.4 Å². The van der Waals surface area contributed by atoms with E-state index in [1.54, 1.807) is 30.3 Å². The van der Waals surface area contributed by atoms with E-state index >= 15 is 0 Å². The lowest BCUT2D eigenvalue weighted by molar-refractivity contribution is -0.124. The summed E-state index contributed by atoms with van der Waals surface area (Å²) in [7, 11) is 0. The van der Waals surface area contributed by atoms with Gasteiger partial charge in [-0.25, -0.2) is 8.78 Å². The zero-order valence-electron chi connectivity index (χ0n) is 11.4. The lowest BCUT2D eigenvalue weighted by atomic mass is 10.0. The summed E-state index contributed by atoms with van der Waals surface area (Å²) in [5, 5.41) is 11.2. The third-order valence-electron chi connectivity index (χ3n) is 3.45. The largest absolute Gasteiger partial charge is 0.667 e. The number of alkyl halides is 2. The van der Waals surface area contributed by atoms with E-state index in [1.807, 2.05) is 6.07 Å². The minimum absolute atomic E-state index is 0.464. The number of amides is 1. The first-order valence-corrected chi connectivity index (χ1v) is 6.72. The molecule has 2 rings (SSSR count). The molecule has 0 radical (unpaired) electrons. The van der Waals surface area contributed by atoms with Gasteiger partial charge in [-0.2, -0.15) is 5.26 Å². The van der Waals surface area contributed by atoms with Gasteiger partial charge in [0.1, 0.15) is 5.54 Å². The maximum atomic E-state index is 13.9. The molecule has 1 saturated carbocycles. The molecule has 1 atom stereocenters. The highest BCUT2D eigenvalue weighted by molar-refractivity contribution is 5.84. The molecule has 1 aliphatic carbocycles. The minimum atomic E-state index is -3.13. The molecule has 1 aromatic carbocycles. The van der Waals surface area contributed by atoms with Crippen molar-refractivity contribution in [3.05, 3.63) is 41.6 Å². The molecule has 0 saturated heterocycles. The summed E-state index contributed by atoms with van der Waals surface area (Å²) in [4.78, 5) is 11.7. The Morgan fingerprint density at radius 2 is 2.05 bits per heavy atom. The van der Waals surface area contributed by atoms with E-state index in [2.05, 4.69) is 5.32 Å². The maximum absolute atomic E-state index is 13.9. The Balaban J connectivity index is 1.90. The molecule has 21 heavy (non-hydrogen) atoms. The predicted molar refractivity (Wildman–Crippen MR) is 73.5 cm³/mol. The summed E-state index contributed by atoms with van der Waals surface area (Å²) >= 11 is 0. The Morgan fingerprint density at radius 1 is 1.43 bits per heavy atom. The Kier molecular flexibility index (Phi) is 4.24. The van der Waals surface area contributed by atoms with E-state index < -0.39 is 36.3 Å². The molecule has 1 aliphatic rings. The number of rotatable bonds is 6. The fourth-order valence-corrected chi connectivity index (χ4v) is 2.07. The SMILES string of the molecule is N#CC1(NC(=O)[C@@H]([NH-])CC(F)(F)Cc2ccccc2)CC1. The first-order chi connectivity index (χ1) is 9.86. The van der Waals surface area contributed by atoms with Gasteiger partial charge in [0.15, 0.2) is 0 Å². The highest BCUT2D eigenvalue weighted by atomic mass is 19.3. The van der Waals surface area contributed by atoms with Gasteiger partial charge in [-0.1, -0.05) is 36.4 Å². The predicted octanol–water partition coefficient (Wildman–Crippen LogP) is 2.85. The van der Waals surface area contributed by atoms with Crippen molar-refractivity contribution in [1.82, 2.24) is 5.32 Å². The van der Waals surface area contributed by atoms with Crippen molar-refractivity contribution in [3.8, 4) is 6.07 Å². The fourth-order valence-electron chi connectivity index (χ4n) is 2.07. The van der Waals surface area contributed by atoms with Crippen molar-refractivity contribution < 1.29 is 13.6 Å². The van der Waals surface area contributed by atoms with Crippen LogP contribution < -0.4 is 5.32 Å². The molecule has 0 spiro atoms. The molecule has 1 fully saturated rings. The molecule has 0 heterocycles. The van der Waals surface area contributed by atoms with Crippen LogP contribution in [0.2, 0.25) is 0 Å². The van der Waals surface area contributed by atoms with E-state index in [-0.39, 0.29) is 0 Å². The number of hydrogen-bond donors (Lipinski definition) is 1. The Morgan fingerprint density at radius 3 is 2.57 bits per heavy atom. The zero-order valence-corrected chi connectivity index (χ0v) is 11.4. The summed E-state index contributed by atoms with van der Waals surface area (Å²) in [5.74, 6) is -3.93. The molecule has 0 aromatic heterocycles. The molecule has 6 heteroatoms. The lowest BCUT2D eigenvalue weighted by Crippen LogP contribution is -2.43. The van der Waals surface area contributed by atoms with Crippen molar-refractivity contribution >= 4 is 5.91 Å². The highest BCUT2D eigenvalue weighted by Gasteiger charge is 2.45. The summed E-state index contributed by atoms with van der Waals surface area (Å²) in [6.07, 6.45) is -0.320. The smallest absolute Gasteiger partial charge is 0.251 e. The standard InChI is InChI=1S/C15H16F2N3O/c16-15(17,8-11-4-2-1-3-5-11)9-12(19)13(21)20-14(10-18)6-7-14/h1-5,12,19H,6-9H2,(H,20,21)/q-1/t12-/m0/s1. The van der Waals surface area contributed by atoms with E-state index in [0.29, 0.717) is 18.4 Å². The zero-order chi connectivity index (χ0) is 15.5. The second-order valence-corrected chi connectivity index (χ2v) is 5.46. The second-order valence-electron chi connectivity index (χ2n) is 5.46. The van der Waals surface area contributed by atoms with Crippen molar-refractivity contribution in [1.29, 1.82) is 5.26 Å². The quantitative estimate of drug-likeness (QED) is 0.875. The third-order valence-corrected chi connectivity index (χ3v) is 3.45. The molecule has 1 aromatic rings. The second kappa shape index (κ2) is 5.78. The van der Waals surface area contributed by atoms with E-state index in [0.717, 1.165) is 0 Å². The number of halogens is 2. The maximum Gasteiger partial charge on any atom is 0.251 e.